The molecule has 156 valence electrons. The highest BCUT2D eigenvalue weighted by atomic mass is 35.5. The maximum absolute atomic E-state index is 13.3. The van der Waals surface area contributed by atoms with Crippen LogP contribution in [0.5, 0.6) is 0 Å². The first-order valence-corrected chi connectivity index (χ1v) is 10.5. The van der Waals surface area contributed by atoms with Crippen LogP contribution in [0.3, 0.4) is 0 Å². The number of rotatable bonds is 6. The van der Waals surface area contributed by atoms with Gasteiger partial charge in [0, 0.05) is 37.7 Å². The molecule has 1 saturated heterocycles. The van der Waals surface area contributed by atoms with Crippen LogP contribution in [0.4, 0.5) is 0 Å². The van der Waals surface area contributed by atoms with E-state index in [1.165, 1.54) is 0 Å². The minimum atomic E-state index is -0.0210. The molecule has 0 N–H and O–H groups in total. The predicted molar refractivity (Wildman–Crippen MR) is 116 cm³/mol. The standard InChI is InChI=1S/C23H25ClN4O2/c1-16-22(24)17(2)28(26-16)20-9-7-19(8-10-20)23(29)27(15-21-6-4-12-30-21)14-18-5-3-11-25-13-18/h3,5,7-11,13,21H,4,6,12,14-15H2,1-2H3. The monoisotopic (exact) mass is 424 g/mol. The lowest BCUT2D eigenvalue weighted by atomic mass is 10.1. The number of carbonyl (C=O) groups excluding carboxylic acids is 1. The summed E-state index contributed by atoms with van der Waals surface area (Å²) in [5, 5.41) is 5.14. The number of hydrogen-bond donors (Lipinski definition) is 0. The zero-order valence-corrected chi connectivity index (χ0v) is 18.0. The van der Waals surface area contributed by atoms with Gasteiger partial charge in [0.05, 0.1) is 28.2 Å². The first-order chi connectivity index (χ1) is 14.5. The third-order valence-electron chi connectivity index (χ3n) is 5.39. The van der Waals surface area contributed by atoms with Crippen molar-refractivity contribution < 1.29 is 9.53 Å². The van der Waals surface area contributed by atoms with Crippen molar-refractivity contribution in [3.05, 3.63) is 76.3 Å². The van der Waals surface area contributed by atoms with Gasteiger partial charge >= 0.3 is 0 Å². The highest BCUT2D eigenvalue weighted by Gasteiger charge is 2.24. The van der Waals surface area contributed by atoms with Crippen LogP contribution in [0.25, 0.3) is 5.69 Å². The van der Waals surface area contributed by atoms with Crippen LogP contribution >= 0.6 is 11.6 Å². The molecule has 30 heavy (non-hydrogen) atoms. The van der Waals surface area contributed by atoms with Crippen molar-refractivity contribution in [3.63, 3.8) is 0 Å². The van der Waals surface area contributed by atoms with Crippen LogP contribution in [-0.4, -0.2) is 44.8 Å². The van der Waals surface area contributed by atoms with E-state index >= 15 is 0 Å². The molecule has 3 aromatic rings. The van der Waals surface area contributed by atoms with Gasteiger partial charge in [-0.3, -0.25) is 9.78 Å². The summed E-state index contributed by atoms with van der Waals surface area (Å²) in [6.45, 7) is 5.65. The highest BCUT2D eigenvalue weighted by Crippen LogP contribution is 2.23. The van der Waals surface area contributed by atoms with E-state index in [9.17, 15) is 4.79 Å². The molecule has 1 unspecified atom stereocenters. The van der Waals surface area contributed by atoms with Gasteiger partial charge in [-0.25, -0.2) is 4.68 Å². The van der Waals surface area contributed by atoms with Crippen LogP contribution in [0.1, 0.15) is 40.2 Å². The van der Waals surface area contributed by atoms with E-state index in [0.717, 1.165) is 42.1 Å². The number of pyridine rings is 1. The summed E-state index contributed by atoms with van der Waals surface area (Å²) >= 11 is 6.27. The largest absolute Gasteiger partial charge is 0.376 e. The smallest absolute Gasteiger partial charge is 0.254 e. The molecule has 1 amide bonds. The van der Waals surface area contributed by atoms with Crippen LogP contribution in [0, 0.1) is 13.8 Å². The summed E-state index contributed by atoms with van der Waals surface area (Å²) in [5.74, 6) is -0.0210. The molecule has 4 rings (SSSR count). The number of halogens is 1. The molecule has 2 aromatic heterocycles. The number of benzene rings is 1. The van der Waals surface area contributed by atoms with E-state index in [0.29, 0.717) is 23.7 Å². The van der Waals surface area contributed by atoms with Crippen molar-refractivity contribution in [2.45, 2.75) is 39.3 Å². The molecule has 0 aliphatic carbocycles. The third-order valence-corrected chi connectivity index (χ3v) is 5.94. The Morgan fingerprint density at radius 1 is 1.27 bits per heavy atom. The summed E-state index contributed by atoms with van der Waals surface area (Å²) in [6, 6.07) is 11.4. The van der Waals surface area contributed by atoms with Gasteiger partial charge in [-0.1, -0.05) is 17.7 Å². The lowest BCUT2D eigenvalue weighted by Gasteiger charge is -2.25. The molecule has 0 spiro atoms. The van der Waals surface area contributed by atoms with Crippen molar-refractivity contribution in [1.82, 2.24) is 19.7 Å². The minimum absolute atomic E-state index is 0.0210. The molecule has 0 bridgehead atoms. The molecule has 0 radical (unpaired) electrons. The molecule has 3 heterocycles. The molecular formula is C23H25ClN4O2. The summed E-state index contributed by atoms with van der Waals surface area (Å²) in [4.78, 5) is 19.3. The Bertz CT molecular complexity index is 1010. The minimum Gasteiger partial charge on any atom is -0.376 e. The van der Waals surface area contributed by atoms with Crippen LogP contribution < -0.4 is 0 Å². The summed E-state index contributed by atoms with van der Waals surface area (Å²) in [5.41, 5.74) is 4.17. The third kappa shape index (κ3) is 4.40. The van der Waals surface area contributed by atoms with Crippen molar-refractivity contribution in [2.24, 2.45) is 0 Å². The number of aryl methyl sites for hydroxylation is 1. The molecular weight excluding hydrogens is 400 g/mol. The van der Waals surface area contributed by atoms with Gasteiger partial charge in [-0.15, -0.1) is 0 Å². The average molecular weight is 425 g/mol. The van der Waals surface area contributed by atoms with E-state index in [4.69, 9.17) is 16.3 Å². The van der Waals surface area contributed by atoms with Crippen molar-refractivity contribution in [3.8, 4) is 5.69 Å². The number of ether oxygens (including phenoxy) is 1. The van der Waals surface area contributed by atoms with Crippen molar-refractivity contribution >= 4 is 17.5 Å². The summed E-state index contributed by atoms with van der Waals surface area (Å²) in [7, 11) is 0. The Labute approximate surface area is 181 Å². The molecule has 0 saturated carbocycles. The topological polar surface area (TPSA) is 60.2 Å². The van der Waals surface area contributed by atoms with Gasteiger partial charge in [-0.05, 0) is 62.6 Å². The Morgan fingerprint density at radius 3 is 2.67 bits per heavy atom. The number of nitrogens with zero attached hydrogens (tertiary/aromatic N) is 4. The lowest BCUT2D eigenvalue weighted by molar-refractivity contribution is 0.0507. The van der Waals surface area contributed by atoms with E-state index in [2.05, 4.69) is 10.1 Å². The molecule has 1 fully saturated rings. The second-order valence-electron chi connectivity index (χ2n) is 7.63. The Hall–Kier alpha value is -2.70. The lowest BCUT2D eigenvalue weighted by Crippen LogP contribution is -2.37. The van der Waals surface area contributed by atoms with Crippen LogP contribution in [-0.2, 0) is 11.3 Å². The van der Waals surface area contributed by atoms with Gasteiger partial charge < -0.3 is 9.64 Å². The van der Waals surface area contributed by atoms with Gasteiger partial charge in [0.25, 0.3) is 5.91 Å². The number of amides is 1. The van der Waals surface area contributed by atoms with Gasteiger partial charge in [0.15, 0.2) is 0 Å². The number of carbonyl (C=O) groups is 1. The van der Waals surface area contributed by atoms with E-state index in [1.54, 1.807) is 17.1 Å². The fourth-order valence-electron chi connectivity index (χ4n) is 3.77. The quantitative estimate of drug-likeness (QED) is 0.590. The molecule has 1 aliphatic heterocycles. The first kappa shape index (κ1) is 20.6. The second kappa shape index (κ2) is 8.98. The Morgan fingerprint density at radius 2 is 2.07 bits per heavy atom. The molecule has 1 aliphatic rings. The summed E-state index contributed by atoms with van der Waals surface area (Å²) in [6.07, 6.45) is 5.64. The van der Waals surface area contributed by atoms with Gasteiger partial charge in [0.1, 0.15) is 0 Å². The number of aromatic nitrogens is 3. The van der Waals surface area contributed by atoms with E-state index in [-0.39, 0.29) is 12.0 Å². The normalized spacial score (nSPS) is 16.0. The fraction of sp³-hybridized carbons (Fsp3) is 0.348. The molecule has 7 heteroatoms. The fourth-order valence-corrected chi connectivity index (χ4v) is 3.89. The van der Waals surface area contributed by atoms with E-state index < -0.39 is 0 Å². The molecule has 6 nitrogen and oxygen atoms in total. The number of hydrogen-bond acceptors (Lipinski definition) is 4. The molecule has 1 atom stereocenters. The van der Waals surface area contributed by atoms with Crippen molar-refractivity contribution in [1.29, 1.82) is 0 Å². The Balaban J connectivity index is 1.56. The second-order valence-corrected chi connectivity index (χ2v) is 8.00. The van der Waals surface area contributed by atoms with E-state index in [1.807, 2.05) is 55.1 Å². The molecule has 1 aromatic carbocycles. The maximum Gasteiger partial charge on any atom is 0.254 e. The van der Waals surface area contributed by atoms with Crippen LogP contribution in [0.2, 0.25) is 5.02 Å². The SMILES string of the molecule is Cc1nn(-c2ccc(C(=O)N(Cc3cccnc3)CC3CCCO3)cc2)c(C)c1Cl. The van der Waals surface area contributed by atoms with Crippen LogP contribution in [0.15, 0.2) is 48.8 Å². The van der Waals surface area contributed by atoms with Crippen molar-refractivity contribution in [2.75, 3.05) is 13.2 Å². The average Bonchev–Trinajstić information content (AvgIpc) is 3.37. The Kier molecular flexibility index (Phi) is 6.16. The zero-order chi connectivity index (χ0) is 21.1. The first-order valence-electron chi connectivity index (χ1n) is 10.1. The highest BCUT2D eigenvalue weighted by molar-refractivity contribution is 6.31. The zero-order valence-electron chi connectivity index (χ0n) is 17.2. The van der Waals surface area contributed by atoms with Gasteiger partial charge in [-0.2, -0.15) is 5.10 Å². The predicted octanol–water partition coefficient (Wildman–Crippen LogP) is 4.36. The van der Waals surface area contributed by atoms with Gasteiger partial charge in [0.2, 0.25) is 0 Å². The maximum atomic E-state index is 13.3. The summed E-state index contributed by atoms with van der Waals surface area (Å²) < 4.78 is 7.57.